The molecule has 1 N–H and O–H groups in total. The van der Waals surface area contributed by atoms with E-state index in [0.717, 1.165) is 49.7 Å². The van der Waals surface area contributed by atoms with Gasteiger partial charge in [-0.3, -0.25) is 4.68 Å². The highest BCUT2D eigenvalue weighted by Gasteiger charge is 2.22. The summed E-state index contributed by atoms with van der Waals surface area (Å²) in [5.74, 6) is 0. The molecule has 1 aliphatic rings. The predicted molar refractivity (Wildman–Crippen MR) is 86.8 cm³/mol. The molecule has 1 aromatic rings. The summed E-state index contributed by atoms with van der Waals surface area (Å²) in [6.07, 6.45) is 9.10. The van der Waals surface area contributed by atoms with Crippen LogP contribution in [0.15, 0.2) is 6.20 Å². The minimum atomic E-state index is 0.266. The molecule has 0 aromatic carbocycles. The van der Waals surface area contributed by atoms with Crippen LogP contribution >= 0.6 is 11.6 Å². The quantitative estimate of drug-likeness (QED) is 0.790. The smallest absolute Gasteiger partial charge is 0.0834 e. The van der Waals surface area contributed by atoms with E-state index in [0.29, 0.717) is 6.10 Å². The molecule has 120 valence electrons. The van der Waals surface area contributed by atoms with Gasteiger partial charge in [0.05, 0.1) is 29.1 Å². The van der Waals surface area contributed by atoms with Crippen LogP contribution in [-0.2, 0) is 11.3 Å². The number of nitrogens with one attached hydrogen (secondary N) is 1. The van der Waals surface area contributed by atoms with Gasteiger partial charge in [0.15, 0.2) is 0 Å². The van der Waals surface area contributed by atoms with Gasteiger partial charge in [0, 0.05) is 13.2 Å². The molecule has 2 unspecified atom stereocenters. The number of hydrogen-bond acceptors (Lipinski definition) is 3. The third-order valence-corrected chi connectivity index (χ3v) is 4.39. The number of rotatable bonds is 8. The molecule has 0 spiro atoms. The lowest BCUT2D eigenvalue weighted by atomic mass is 10.00. The first-order chi connectivity index (χ1) is 10.3. The summed E-state index contributed by atoms with van der Waals surface area (Å²) in [4.78, 5) is 0. The molecule has 2 rings (SSSR count). The zero-order valence-corrected chi connectivity index (χ0v) is 14.0. The summed E-state index contributed by atoms with van der Waals surface area (Å²) in [6, 6.07) is 0.266. The monoisotopic (exact) mass is 313 g/mol. The molecular weight excluding hydrogens is 286 g/mol. The second-order valence-electron chi connectivity index (χ2n) is 5.78. The van der Waals surface area contributed by atoms with Crippen molar-refractivity contribution in [2.24, 2.45) is 0 Å². The van der Waals surface area contributed by atoms with Gasteiger partial charge in [0.2, 0.25) is 0 Å². The Balaban J connectivity index is 2.01. The number of aryl methyl sites for hydroxylation is 1. The molecule has 1 aromatic heterocycles. The topological polar surface area (TPSA) is 39.1 Å². The second kappa shape index (κ2) is 8.76. The maximum atomic E-state index is 6.38. The van der Waals surface area contributed by atoms with Gasteiger partial charge in [-0.25, -0.2) is 0 Å². The molecule has 1 saturated heterocycles. The molecule has 0 amide bonds. The van der Waals surface area contributed by atoms with Crippen LogP contribution in [0.2, 0.25) is 5.02 Å². The number of hydrogen-bond donors (Lipinski definition) is 1. The molecule has 21 heavy (non-hydrogen) atoms. The van der Waals surface area contributed by atoms with E-state index in [1.165, 1.54) is 19.3 Å². The highest BCUT2D eigenvalue weighted by Crippen LogP contribution is 2.28. The Morgan fingerprint density at radius 2 is 2.33 bits per heavy atom. The molecule has 1 fully saturated rings. The van der Waals surface area contributed by atoms with E-state index in [1.54, 1.807) is 6.20 Å². The first-order valence-corrected chi connectivity index (χ1v) is 8.70. The molecule has 2 atom stereocenters. The minimum Gasteiger partial charge on any atom is -0.378 e. The fourth-order valence-corrected chi connectivity index (χ4v) is 3.35. The number of aromatic nitrogens is 2. The summed E-state index contributed by atoms with van der Waals surface area (Å²) in [5.41, 5.74) is 1.14. The number of nitrogens with zero attached hydrogens (tertiary/aromatic N) is 2. The molecule has 0 radical (unpaired) electrons. The van der Waals surface area contributed by atoms with Crippen molar-refractivity contribution < 1.29 is 4.74 Å². The van der Waals surface area contributed by atoms with Crippen LogP contribution in [0.25, 0.3) is 0 Å². The standard InChI is InChI=1S/C16H28ClN3O/c1-3-10-20-16(14(17)12-19-20)15(18-4-2)9-8-13-7-5-6-11-21-13/h12-13,15,18H,3-11H2,1-2H3. The van der Waals surface area contributed by atoms with Crippen molar-refractivity contribution in [3.05, 3.63) is 16.9 Å². The first kappa shape index (κ1) is 16.8. The lowest BCUT2D eigenvalue weighted by Crippen LogP contribution is -2.27. The summed E-state index contributed by atoms with van der Waals surface area (Å²) in [5, 5.41) is 8.76. The molecule has 0 aliphatic carbocycles. The van der Waals surface area contributed by atoms with Crippen LogP contribution in [0.4, 0.5) is 0 Å². The first-order valence-electron chi connectivity index (χ1n) is 8.32. The summed E-state index contributed by atoms with van der Waals surface area (Å²) < 4.78 is 7.90. The molecule has 4 nitrogen and oxygen atoms in total. The molecular formula is C16H28ClN3O. The van der Waals surface area contributed by atoms with E-state index in [-0.39, 0.29) is 6.04 Å². The Kier molecular flexibility index (Phi) is 7.00. The van der Waals surface area contributed by atoms with Crippen LogP contribution in [0, 0.1) is 0 Å². The average molecular weight is 314 g/mol. The van der Waals surface area contributed by atoms with Gasteiger partial charge in [-0.2, -0.15) is 5.10 Å². The van der Waals surface area contributed by atoms with Crippen molar-refractivity contribution in [1.29, 1.82) is 0 Å². The van der Waals surface area contributed by atoms with E-state index >= 15 is 0 Å². The van der Waals surface area contributed by atoms with Crippen molar-refractivity contribution in [3.63, 3.8) is 0 Å². The third kappa shape index (κ3) is 4.70. The lowest BCUT2D eigenvalue weighted by molar-refractivity contribution is 0.00843. The fourth-order valence-electron chi connectivity index (χ4n) is 3.08. The van der Waals surface area contributed by atoms with Crippen LogP contribution < -0.4 is 5.32 Å². The van der Waals surface area contributed by atoms with Crippen LogP contribution in [-0.4, -0.2) is 29.0 Å². The average Bonchev–Trinajstić information content (AvgIpc) is 2.86. The molecule has 2 heterocycles. The Morgan fingerprint density at radius 3 is 3.00 bits per heavy atom. The molecule has 0 bridgehead atoms. The lowest BCUT2D eigenvalue weighted by Gasteiger charge is -2.26. The number of ether oxygens (including phenoxy) is 1. The second-order valence-corrected chi connectivity index (χ2v) is 6.18. The zero-order valence-electron chi connectivity index (χ0n) is 13.3. The predicted octanol–water partition coefficient (Wildman–Crippen LogP) is 3.95. The van der Waals surface area contributed by atoms with Crippen LogP contribution in [0.3, 0.4) is 0 Å². The molecule has 1 aliphatic heterocycles. The highest BCUT2D eigenvalue weighted by molar-refractivity contribution is 6.31. The van der Waals surface area contributed by atoms with Gasteiger partial charge in [-0.1, -0.05) is 25.4 Å². The Morgan fingerprint density at radius 1 is 1.48 bits per heavy atom. The fraction of sp³-hybridized carbons (Fsp3) is 0.812. The van der Waals surface area contributed by atoms with Gasteiger partial charge in [0.25, 0.3) is 0 Å². The highest BCUT2D eigenvalue weighted by atomic mass is 35.5. The van der Waals surface area contributed by atoms with E-state index in [1.807, 2.05) is 0 Å². The van der Waals surface area contributed by atoms with Crippen molar-refractivity contribution in [1.82, 2.24) is 15.1 Å². The van der Waals surface area contributed by atoms with E-state index in [9.17, 15) is 0 Å². The van der Waals surface area contributed by atoms with Crippen molar-refractivity contribution in [2.75, 3.05) is 13.2 Å². The van der Waals surface area contributed by atoms with Gasteiger partial charge < -0.3 is 10.1 Å². The molecule has 5 heteroatoms. The van der Waals surface area contributed by atoms with Gasteiger partial charge in [0.1, 0.15) is 0 Å². The van der Waals surface area contributed by atoms with Crippen LogP contribution in [0.1, 0.15) is 64.1 Å². The SMILES string of the molecule is CCCn1ncc(Cl)c1C(CCC1CCCCO1)NCC. The maximum absolute atomic E-state index is 6.38. The Labute approximate surface area is 133 Å². The van der Waals surface area contributed by atoms with E-state index < -0.39 is 0 Å². The van der Waals surface area contributed by atoms with Crippen molar-refractivity contribution in [2.45, 2.75) is 71.1 Å². The summed E-state index contributed by atoms with van der Waals surface area (Å²) in [7, 11) is 0. The molecule has 0 saturated carbocycles. The Hall–Kier alpha value is -0.580. The largest absolute Gasteiger partial charge is 0.378 e. The van der Waals surface area contributed by atoms with Crippen LogP contribution in [0.5, 0.6) is 0 Å². The van der Waals surface area contributed by atoms with Crippen molar-refractivity contribution in [3.8, 4) is 0 Å². The number of halogens is 1. The normalized spacial score (nSPS) is 20.6. The van der Waals surface area contributed by atoms with Crippen molar-refractivity contribution >= 4 is 11.6 Å². The third-order valence-electron chi connectivity index (χ3n) is 4.10. The summed E-state index contributed by atoms with van der Waals surface area (Å²) in [6.45, 7) is 7.08. The van der Waals surface area contributed by atoms with Gasteiger partial charge >= 0.3 is 0 Å². The van der Waals surface area contributed by atoms with Gasteiger partial charge in [-0.15, -0.1) is 0 Å². The maximum Gasteiger partial charge on any atom is 0.0834 e. The summed E-state index contributed by atoms with van der Waals surface area (Å²) >= 11 is 6.38. The van der Waals surface area contributed by atoms with E-state index in [4.69, 9.17) is 16.3 Å². The Bertz CT molecular complexity index is 416. The van der Waals surface area contributed by atoms with E-state index in [2.05, 4.69) is 28.9 Å². The van der Waals surface area contributed by atoms with Gasteiger partial charge in [-0.05, 0) is 45.1 Å². The minimum absolute atomic E-state index is 0.266. The zero-order chi connectivity index (χ0) is 15.1.